The maximum absolute atomic E-state index is 11.9. The van der Waals surface area contributed by atoms with Crippen LogP contribution in [0.2, 0.25) is 0 Å². The maximum atomic E-state index is 11.9. The molecule has 0 saturated carbocycles. The van der Waals surface area contributed by atoms with Crippen molar-refractivity contribution in [1.29, 1.82) is 0 Å². The zero-order valence-corrected chi connectivity index (χ0v) is 14.1. The second kappa shape index (κ2) is 8.47. The maximum Gasteiger partial charge on any atom is 0.331 e. The molecule has 136 valence electrons. The Morgan fingerprint density at radius 1 is 1.38 bits per heavy atom. The molecule has 1 N–H and O–H groups in total. The van der Waals surface area contributed by atoms with E-state index >= 15 is 0 Å². The molecule has 2 aromatic rings. The lowest BCUT2D eigenvalue weighted by Crippen LogP contribution is -2.20. The molecule has 0 bridgehead atoms. The topological polar surface area (TPSA) is 121 Å². The van der Waals surface area contributed by atoms with Crippen LogP contribution >= 0.6 is 0 Å². The van der Waals surface area contributed by atoms with Crippen LogP contribution in [0.3, 0.4) is 0 Å². The van der Waals surface area contributed by atoms with Gasteiger partial charge in [0.15, 0.2) is 12.4 Å². The van der Waals surface area contributed by atoms with E-state index in [1.807, 2.05) is 0 Å². The van der Waals surface area contributed by atoms with Crippen LogP contribution in [0.4, 0.5) is 11.4 Å². The van der Waals surface area contributed by atoms with Crippen molar-refractivity contribution in [2.45, 2.75) is 6.92 Å². The minimum Gasteiger partial charge on any atom is -0.490 e. The molecular weight excluding hydrogens is 344 g/mol. The minimum absolute atomic E-state index is 0.00859. The highest BCUT2D eigenvalue weighted by atomic mass is 16.6. The quantitative estimate of drug-likeness (QED) is 0.349. The van der Waals surface area contributed by atoms with Gasteiger partial charge in [0, 0.05) is 23.9 Å². The lowest BCUT2D eigenvalue weighted by atomic mass is 10.1. The third kappa shape index (κ3) is 4.94. The predicted molar refractivity (Wildman–Crippen MR) is 91.7 cm³/mol. The monoisotopic (exact) mass is 360 g/mol. The van der Waals surface area contributed by atoms with Crippen LogP contribution in [-0.2, 0) is 14.3 Å². The number of methoxy groups -OCH3 is 1. The first-order valence-electron chi connectivity index (χ1n) is 7.42. The Morgan fingerprint density at radius 2 is 2.15 bits per heavy atom. The van der Waals surface area contributed by atoms with Crippen LogP contribution in [0, 0.1) is 17.0 Å². The van der Waals surface area contributed by atoms with Crippen LogP contribution < -0.4 is 10.1 Å². The number of nitro benzene ring substituents is 1. The molecule has 0 aliphatic carbocycles. The SMILES string of the molecule is COc1cc(NC(=O)COC(=O)C=Cc2ccco2)c(C)cc1[N+](=O)[O-]. The van der Waals surface area contributed by atoms with Crippen molar-refractivity contribution in [2.75, 3.05) is 19.0 Å². The van der Waals surface area contributed by atoms with Gasteiger partial charge in [-0.15, -0.1) is 0 Å². The zero-order chi connectivity index (χ0) is 19.1. The number of carbonyl (C=O) groups is 2. The number of nitrogens with one attached hydrogen (secondary N) is 1. The molecule has 0 spiro atoms. The van der Waals surface area contributed by atoms with Crippen LogP contribution in [0.25, 0.3) is 6.08 Å². The van der Waals surface area contributed by atoms with Crippen molar-refractivity contribution in [3.63, 3.8) is 0 Å². The highest BCUT2D eigenvalue weighted by molar-refractivity contribution is 5.95. The fourth-order valence-corrected chi connectivity index (χ4v) is 2.02. The van der Waals surface area contributed by atoms with E-state index in [4.69, 9.17) is 13.9 Å². The highest BCUT2D eigenvalue weighted by Crippen LogP contribution is 2.32. The number of furan rings is 1. The van der Waals surface area contributed by atoms with Crippen LogP contribution in [0.1, 0.15) is 11.3 Å². The molecule has 0 unspecified atom stereocenters. The first-order chi connectivity index (χ1) is 12.4. The summed E-state index contributed by atoms with van der Waals surface area (Å²) in [4.78, 5) is 33.9. The molecule has 9 heteroatoms. The second-order valence-electron chi connectivity index (χ2n) is 5.10. The average Bonchev–Trinajstić information content (AvgIpc) is 3.13. The van der Waals surface area contributed by atoms with Gasteiger partial charge in [0.1, 0.15) is 5.76 Å². The molecule has 1 aromatic heterocycles. The lowest BCUT2D eigenvalue weighted by molar-refractivity contribution is -0.385. The van der Waals surface area contributed by atoms with E-state index in [2.05, 4.69) is 5.32 Å². The van der Waals surface area contributed by atoms with Crippen molar-refractivity contribution in [3.8, 4) is 5.75 Å². The first kappa shape index (κ1) is 18.7. The summed E-state index contributed by atoms with van der Waals surface area (Å²) in [7, 11) is 1.29. The number of ether oxygens (including phenoxy) is 2. The van der Waals surface area contributed by atoms with Gasteiger partial charge < -0.3 is 19.2 Å². The summed E-state index contributed by atoms with van der Waals surface area (Å²) in [5, 5.41) is 13.5. The van der Waals surface area contributed by atoms with E-state index in [1.54, 1.807) is 19.1 Å². The molecule has 0 atom stereocenters. The third-order valence-corrected chi connectivity index (χ3v) is 3.27. The molecule has 0 radical (unpaired) electrons. The standard InChI is InChI=1S/C17H16N2O7/c1-11-8-14(19(22)23)15(24-2)9-13(11)18-16(20)10-26-17(21)6-5-12-4-3-7-25-12/h3-9H,10H2,1-2H3,(H,18,20). The van der Waals surface area contributed by atoms with Crippen LogP contribution in [0.15, 0.2) is 41.0 Å². The van der Waals surface area contributed by atoms with Gasteiger partial charge in [-0.05, 0) is 30.7 Å². The summed E-state index contributed by atoms with van der Waals surface area (Å²) in [5.74, 6) is -0.826. The van der Waals surface area contributed by atoms with Gasteiger partial charge in [-0.2, -0.15) is 0 Å². The summed E-state index contributed by atoms with van der Waals surface area (Å²) in [6, 6.07) is 5.94. The van der Waals surface area contributed by atoms with E-state index < -0.39 is 23.4 Å². The first-order valence-corrected chi connectivity index (χ1v) is 7.42. The Bertz CT molecular complexity index is 841. The van der Waals surface area contributed by atoms with Gasteiger partial charge in [-0.3, -0.25) is 14.9 Å². The van der Waals surface area contributed by atoms with Gasteiger partial charge >= 0.3 is 11.7 Å². The number of amides is 1. The number of anilines is 1. The predicted octanol–water partition coefficient (Wildman–Crippen LogP) is 2.70. The van der Waals surface area contributed by atoms with E-state index in [-0.39, 0.29) is 11.4 Å². The summed E-state index contributed by atoms with van der Waals surface area (Å²) < 4.78 is 14.8. The van der Waals surface area contributed by atoms with Crippen molar-refractivity contribution < 1.29 is 28.4 Å². The van der Waals surface area contributed by atoms with Crippen molar-refractivity contribution in [1.82, 2.24) is 0 Å². The number of hydrogen-bond acceptors (Lipinski definition) is 7. The molecule has 1 heterocycles. The van der Waals surface area contributed by atoms with Crippen molar-refractivity contribution in [3.05, 3.63) is 58.0 Å². The molecular formula is C17H16N2O7. The number of nitro groups is 1. The zero-order valence-electron chi connectivity index (χ0n) is 14.1. The van der Waals surface area contributed by atoms with Crippen LogP contribution in [-0.4, -0.2) is 30.5 Å². The summed E-state index contributed by atoms with van der Waals surface area (Å²) >= 11 is 0. The number of carbonyl (C=O) groups excluding carboxylic acids is 2. The Balaban J connectivity index is 1.95. The van der Waals surface area contributed by atoms with Crippen LogP contribution in [0.5, 0.6) is 5.75 Å². The van der Waals surface area contributed by atoms with E-state index in [0.717, 1.165) is 6.08 Å². The molecule has 0 aliphatic rings. The fraction of sp³-hybridized carbons (Fsp3) is 0.176. The molecule has 1 aromatic carbocycles. The van der Waals surface area contributed by atoms with Gasteiger partial charge in [0.05, 0.1) is 18.3 Å². The third-order valence-electron chi connectivity index (χ3n) is 3.27. The smallest absolute Gasteiger partial charge is 0.331 e. The number of benzene rings is 1. The number of aryl methyl sites for hydroxylation is 1. The summed E-state index contributed by atoms with van der Waals surface area (Å²) in [6.07, 6.45) is 4.00. The van der Waals surface area contributed by atoms with Crippen molar-refractivity contribution in [2.24, 2.45) is 0 Å². The molecule has 26 heavy (non-hydrogen) atoms. The molecule has 0 aliphatic heterocycles. The molecule has 0 saturated heterocycles. The summed E-state index contributed by atoms with van der Waals surface area (Å²) in [5.41, 5.74) is 0.576. The molecule has 2 rings (SSSR count). The normalized spacial score (nSPS) is 10.5. The van der Waals surface area contributed by atoms with Gasteiger partial charge in [0.25, 0.3) is 5.91 Å². The fourth-order valence-electron chi connectivity index (χ4n) is 2.02. The number of esters is 1. The number of hydrogen-bond donors (Lipinski definition) is 1. The van der Waals surface area contributed by atoms with Gasteiger partial charge in [-0.1, -0.05) is 0 Å². The van der Waals surface area contributed by atoms with E-state index in [9.17, 15) is 19.7 Å². The Hall–Kier alpha value is -3.62. The average molecular weight is 360 g/mol. The lowest BCUT2D eigenvalue weighted by Gasteiger charge is -2.10. The number of rotatable bonds is 7. The van der Waals surface area contributed by atoms with Gasteiger partial charge in [0.2, 0.25) is 0 Å². The van der Waals surface area contributed by atoms with Gasteiger partial charge in [-0.25, -0.2) is 4.79 Å². The molecule has 0 fully saturated rings. The highest BCUT2D eigenvalue weighted by Gasteiger charge is 2.18. The van der Waals surface area contributed by atoms with Crippen molar-refractivity contribution >= 4 is 29.3 Å². The Kier molecular flexibility index (Phi) is 6.10. The van der Waals surface area contributed by atoms with E-state index in [0.29, 0.717) is 17.0 Å². The Morgan fingerprint density at radius 3 is 2.77 bits per heavy atom. The molecule has 9 nitrogen and oxygen atoms in total. The second-order valence-corrected chi connectivity index (χ2v) is 5.10. The minimum atomic E-state index is -0.713. The Labute approximate surface area is 148 Å². The largest absolute Gasteiger partial charge is 0.490 e. The summed E-state index contributed by atoms with van der Waals surface area (Å²) in [6.45, 7) is 1.08. The number of nitrogens with zero attached hydrogens (tertiary/aromatic N) is 1. The van der Waals surface area contributed by atoms with E-state index in [1.165, 1.54) is 31.6 Å². The molecule has 1 amide bonds.